The van der Waals surface area contributed by atoms with Crippen LogP contribution in [0.1, 0.15) is 28.6 Å². The molecule has 1 N–H and O–H groups in total. The van der Waals surface area contributed by atoms with Gasteiger partial charge in [-0.05, 0) is 61.4 Å². The molecule has 2 aromatic carbocycles. The van der Waals surface area contributed by atoms with Gasteiger partial charge in [0.15, 0.2) is 28.2 Å². The molecule has 2 aromatic heterocycles. The van der Waals surface area contributed by atoms with Crippen molar-refractivity contribution in [2.75, 3.05) is 24.7 Å². The van der Waals surface area contributed by atoms with E-state index < -0.39 is 11.9 Å². The Hall–Kier alpha value is -4.84. The summed E-state index contributed by atoms with van der Waals surface area (Å²) in [5, 5.41) is 3.45. The number of aryl methyl sites for hydroxylation is 2. The monoisotopic (exact) mass is 585 g/mol. The largest absolute Gasteiger partial charge is 0.454 e. The number of nitrogens with zero attached hydrogens (tertiary/aromatic N) is 4. The molecule has 0 radical (unpaired) electrons. The highest BCUT2D eigenvalue weighted by atomic mass is 32.2. The lowest BCUT2D eigenvalue weighted by atomic mass is 10.0. The number of carbonyl (C=O) groups excluding carboxylic acids is 2. The van der Waals surface area contributed by atoms with E-state index in [1.54, 1.807) is 54.9 Å². The van der Waals surface area contributed by atoms with Crippen molar-refractivity contribution in [3.05, 3.63) is 89.5 Å². The summed E-state index contributed by atoms with van der Waals surface area (Å²) in [4.78, 5) is 42.8. The maximum absolute atomic E-state index is 14.1. The summed E-state index contributed by atoms with van der Waals surface area (Å²) >= 11 is 1.22. The predicted octanol–water partition coefficient (Wildman–Crippen LogP) is 4.45. The summed E-state index contributed by atoms with van der Waals surface area (Å²) in [6, 6.07) is 14.9. The van der Waals surface area contributed by atoms with Crippen molar-refractivity contribution in [1.29, 1.82) is 0 Å². The second kappa shape index (κ2) is 12.0. The van der Waals surface area contributed by atoms with Crippen LogP contribution in [-0.2, 0) is 16.1 Å². The van der Waals surface area contributed by atoms with Gasteiger partial charge < -0.3 is 29.2 Å². The Morgan fingerprint density at radius 2 is 1.60 bits per heavy atom. The Balaban J connectivity index is 1.35. The molecule has 4 heterocycles. The maximum atomic E-state index is 14.1. The Morgan fingerprint density at radius 3 is 2.31 bits per heavy atom. The van der Waals surface area contributed by atoms with Crippen molar-refractivity contribution in [2.45, 2.75) is 31.6 Å². The normalized spacial score (nSPS) is 13.5. The lowest BCUT2D eigenvalue weighted by molar-refractivity contribution is -0.137. The first kappa shape index (κ1) is 27.3. The molecule has 0 bridgehead atoms. The molecule has 0 saturated carbocycles. The molecular weight excluding hydrogens is 558 g/mol. The van der Waals surface area contributed by atoms with E-state index in [1.165, 1.54) is 16.7 Å². The number of fused-ring (bicyclic) bond motifs is 2. The molecule has 2 amide bonds. The van der Waals surface area contributed by atoms with Gasteiger partial charge in [-0.2, -0.15) is 0 Å². The molecule has 0 unspecified atom stereocenters. The zero-order chi connectivity index (χ0) is 29.1. The van der Waals surface area contributed by atoms with E-state index in [0.717, 1.165) is 17.0 Å². The Bertz CT molecular complexity index is 1620. The number of aromatic nitrogens is 3. The number of hydrogen-bond acceptors (Lipinski definition) is 10. The maximum Gasteiger partial charge on any atom is 0.251 e. The smallest absolute Gasteiger partial charge is 0.251 e. The van der Waals surface area contributed by atoms with Gasteiger partial charge in [-0.1, -0.05) is 23.9 Å². The van der Waals surface area contributed by atoms with Crippen LogP contribution in [0, 0.1) is 13.8 Å². The Labute approximate surface area is 246 Å². The second-order valence-corrected chi connectivity index (χ2v) is 10.6. The SMILES string of the molecule is Cc1cc(C)nc(SCC(=O)N(Cc2cccnc2)[C@H](C(=O)Nc2ccc3c(c2)OCO3)c2ccc3c(c2)OCO3)n1. The standard InChI is InChI=1S/C30H27N5O6S/c1-18-10-19(2)33-30(32-18)42-15-27(36)35(14-20-4-3-9-31-13-20)28(21-5-7-23-25(11-21)40-16-38-23)29(37)34-22-6-8-24-26(12-22)41-17-39-24/h3-13,28H,14-17H2,1-2H3,(H,34,37)/t28-/m0/s1. The number of amides is 2. The van der Waals surface area contributed by atoms with E-state index in [4.69, 9.17) is 18.9 Å². The van der Waals surface area contributed by atoms with Gasteiger partial charge in [0.05, 0.1) is 5.75 Å². The molecule has 42 heavy (non-hydrogen) atoms. The van der Waals surface area contributed by atoms with Crippen molar-refractivity contribution in [3.8, 4) is 23.0 Å². The van der Waals surface area contributed by atoms with Gasteiger partial charge in [-0.25, -0.2) is 9.97 Å². The van der Waals surface area contributed by atoms with Gasteiger partial charge in [-0.15, -0.1) is 0 Å². The molecule has 1 atom stereocenters. The first-order chi connectivity index (χ1) is 20.4. The third-order valence-electron chi connectivity index (χ3n) is 6.60. The number of anilines is 1. The number of carbonyl (C=O) groups is 2. The molecule has 6 rings (SSSR count). The number of benzene rings is 2. The highest BCUT2D eigenvalue weighted by Gasteiger charge is 2.33. The minimum Gasteiger partial charge on any atom is -0.454 e. The molecule has 0 spiro atoms. The molecule has 11 nitrogen and oxygen atoms in total. The minimum atomic E-state index is -1.03. The summed E-state index contributed by atoms with van der Waals surface area (Å²) in [7, 11) is 0. The summed E-state index contributed by atoms with van der Waals surface area (Å²) in [6.07, 6.45) is 3.33. The van der Waals surface area contributed by atoms with Crippen molar-refractivity contribution in [2.24, 2.45) is 0 Å². The van der Waals surface area contributed by atoms with E-state index in [0.29, 0.717) is 39.4 Å². The second-order valence-electron chi connectivity index (χ2n) is 9.68. The lowest BCUT2D eigenvalue weighted by Gasteiger charge is -2.31. The molecule has 2 aliphatic heterocycles. The van der Waals surface area contributed by atoms with Gasteiger partial charge in [0, 0.05) is 42.1 Å². The van der Waals surface area contributed by atoms with Gasteiger partial charge >= 0.3 is 0 Å². The molecule has 4 aromatic rings. The highest BCUT2D eigenvalue weighted by molar-refractivity contribution is 7.99. The van der Waals surface area contributed by atoms with Crippen molar-refractivity contribution < 1.29 is 28.5 Å². The highest BCUT2D eigenvalue weighted by Crippen LogP contribution is 2.38. The van der Waals surface area contributed by atoms with E-state index >= 15 is 0 Å². The van der Waals surface area contributed by atoms with E-state index in [-0.39, 0.29) is 31.8 Å². The van der Waals surface area contributed by atoms with E-state index in [9.17, 15) is 9.59 Å². The molecule has 2 aliphatic rings. The van der Waals surface area contributed by atoms with Crippen LogP contribution in [0.3, 0.4) is 0 Å². The molecular formula is C30H27N5O6S. The topological polar surface area (TPSA) is 125 Å². The average Bonchev–Trinajstić information content (AvgIpc) is 3.65. The Kier molecular flexibility index (Phi) is 7.78. The summed E-state index contributed by atoms with van der Waals surface area (Å²) in [6.45, 7) is 4.09. The average molecular weight is 586 g/mol. The number of ether oxygens (including phenoxy) is 4. The zero-order valence-corrected chi connectivity index (χ0v) is 23.7. The summed E-state index contributed by atoms with van der Waals surface area (Å²) in [5.74, 6) is 1.51. The zero-order valence-electron chi connectivity index (χ0n) is 22.9. The summed E-state index contributed by atoms with van der Waals surface area (Å²) < 4.78 is 22.0. The van der Waals surface area contributed by atoms with Crippen molar-refractivity contribution >= 4 is 29.3 Å². The van der Waals surface area contributed by atoms with E-state index in [2.05, 4.69) is 20.3 Å². The third kappa shape index (κ3) is 6.08. The van der Waals surface area contributed by atoms with Gasteiger partial charge in [0.2, 0.25) is 19.5 Å². The third-order valence-corrected chi connectivity index (χ3v) is 7.43. The van der Waals surface area contributed by atoms with Crippen molar-refractivity contribution in [1.82, 2.24) is 19.9 Å². The number of pyridine rings is 1. The lowest BCUT2D eigenvalue weighted by Crippen LogP contribution is -2.41. The van der Waals surface area contributed by atoms with Crippen LogP contribution in [0.25, 0.3) is 0 Å². The first-order valence-electron chi connectivity index (χ1n) is 13.2. The van der Waals surface area contributed by atoms with Gasteiger partial charge in [0.1, 0.15) is 6.04 Å². The fourth-order valence-electron chi connectivity index (χ4n) is 4.72. The number of nitrogens with one attached hydrogen (secondary N) is 1. The van der Waals surface area contributed by atoms with Gasteiger partial charge in [-0.3, -0.25) is 14.6 Å². The van der Waals surface area contributed by atoms with Crippen LogP contribution < -0.4 is 24.3 Å². The predicted molar refractivity (Wildman–Crippen MR) is 154 cm³/mol. The first-order valence-corrected chi connectivity index (χ1v) is 14.1. The van der Waals surface area contributed by atoms with Crippen molar-refractivity contribution in [3.63, 3.8) is 0 Å². The van der Waals surface area contributed by atoms with Crippen LogP contribution in [-0.4, -0.2) is 51.0 Å². The summed E-state index contributed by atoms with van der Waals surface area (Å²) in [5.41, 5.74) is 3.45. The quantitative estimate of drug-likeness (QED) is 0.223. The molecule has 0 saturated heterocycles. The number of rotatable bonds is 9. The van der Waals surface area contributed by atoms with Crippen LogP contribution in [0.5, 0.6) is 23.0 Å². The minimum absolute atomic E-state index is 0.0154. The molecule has 0 fully saturated rings. The Morgan fingerprint density at radius 1 is 0.905 bits per heavy atom. The number of hydrogen-bond donors (Lipinski definition) is 1. The molecule has 12 heteroatoms. The molecule has 0 aliphatic carbocycles. The van der Waals surface area contributed by atoms with Crippen LogP contribution in [0.2, 0.25) is 0 Å². The molecule has 214 valence electrons. The van der Waals surface area contributed by atoms with Crippen LogP contribution >= 0.6 is 11.8 Å². The fraction of sp³-hybridized carbons (Fsp3) is 0.233. The van der Waals surface area contributed by atoms with Crippen LogP contribution in [0.4, 0.5) is 5.69 Å². The van der Waals surface area contributed by atoms with Gasteiger partial charge in [0.25, 0.3) is 5.91 Å². The van der Waals surface area contributed by atoms with E-state index in [1.807, 2.05) is 26.0 Å². The van der Waals surface area contributed by atoms with Crippen LogP contribution in [0.15, 0.2) is 72.1 Å². The number of thioether (sulfide) groups is 1. The fourth-order valence-corrected chi connectivity index (χ4v) is 5.56.